The third kappa shape index (κ3) is 2.89. The summed E-state index contributed by atoms with van der Waals surface area (Å²) in [6.45, 7) is 4.99. The van der Waals surface area contributed by atoms with Gasteiger partial charge in [-0.2, -0.15) is 5.26 Å². The lowest BCUT2D eigenvalue weighted by atomic mass is 10.1. The van der Waals surface area contributed by atoms with Crippen molar-refractivity contribution in [3.05, 3.63) is 70.6 Å². The second-order valence-corrected chi connectivity index (χ2v) is 7.07. The number of hydrogen-bond donors (Lipinski definition) is 1. The van der Waals surface area contributed by atoms with Gasteiger partial charge in [0.25, 0.3) is 0 Å². The summed E-state index contributed by atoms with van der Waals surface area (Å²) in [6.07, 6.45) is 0.935. The van der Waals surface area contributed by atoms with E-state index in [2.05, 4.69) is 29.9 Å². The van der Waals surface area contributed by atoms with Crippen molar-refractivity contribution in [1.82, 2.24) is 4.57 Å². The van der Waals surface area contributed by atoms with Crippen LogP contribution in [0.2, 0.25) is 0 Å². The molecule has 3 aromatic rings. The molecule has 2 aromatic carbocycles. The Morgan fingerprint density at radius 1 is 1.07 bits per heavy atom. The summed E-state index contributed by atoms with van der Waals surface area (Å²) < 4.78 is 1.88. The average Bonchev–Trinajstić information content (AvgIpc) is 3.20. The lowest BCUT2D eigenvalue weighted by molar-refractivity contribution is 0.405. The van der Waals surface area contributed by atoms with Crippen LogP contribution in [0, 0.1) is 17.2 Å². The van der Waals surface area contributed by atoms with E-state index in [1.54, 1.807) is 0 Å². The summed E-state index contributed by atoms with van der Waals surface area (Å²) >= 11 is 0. The maximum atomic E-state index is 11.0. The minimum Gasteiger partial charge on any atom is -0.494 e. The molecule has 1 N–H and O–H groups in total. The van der Waals surface area contributed by atoms with E-state index in [1.165, 1.54) is 0 Å². The first-order chi connectivity index (χ1) is 13.1. The molecule has 0 spiro atoms. The van der Waals surface area contributed by atoms with Gasteiger partial charge in [-0.05, 0) is 30.5 Å². The molecule has 0 fully saturated rings. The van der Waals surface area contributed by atoms with Gasteiger partial charge in [-0.25, -0.2) is 9.98 Å². The van der Waals surface area contributed by atoms with Crippen molar-refractivity contribution in [3.8, 4) is 11.9 Å². The first-order valence-electron chi connectivity index (χ1n) is 9.07. The third-order valence-corrected chi connectivity index (χ3v) is 4.79. The number of para-hydroxylation sites is 3. The van der Waals surface area contributed by atoms with E-state index in [-0.39, 0.29) is 5.88 Å². The van der Waals surface area contributed by atoms with Crippen LogP contribution in [-0.4, -0.2) is 9.67 Å². The molecule has 0 saturated heterocycles. The third-order valence-electron chi connectivity index (χ3n) is 4.79. The van der Waals surface area contributed by atoms with Gasteiger partial charge in [0.2, 0.25) is 5.88 Å². The van der Waals surface area contributed by atoms with Crippen molar-refractivity contribution >= 4 is 16.5 Å². The van der Waals surface area contributed by atoms with Crippen LogP contribution < -0.4 is 10.7 Å². The molecule has 0 unspecified atom stereocenters. The normalized spacial score (nSPS) is 12.6. The maximum absolute atomic E-state index is 11.0. The Balaban J connectivity index is 1.96. The first kappa shape index (κ1) is 17.0. The molecule has 4 rings (SSSR count). The van der Waals surface area contributed by atoms with Crippen LogP contribution in [0.1, 0.15) is 25.8 Å². The molecular formula is C22H20N4O. The minimum absolute atomic E-state index is 0.0993. The van der Waals surface area contributed by atoms with E-state index in [1.807, 2.05) is 53.1 Å². The number of nitriles is 1. The number of benzene rings is 2. The molecule has 0 bridgehead atoms. The van der Waals surface area contributed by atoms with Gasteiger partial charge in [0, 0.05) is 11.9 Å². The number of nitrogens with zero attached hydrogens (tertiary/aromatic N) is 4. The highest BCUT2D eigenvalue weighted by atomic mass is 16.3. The van der Waals surface area contributed by atoms with Gasteiger partial charge in [0.05, 0.1) is 21.8 Å². The number of aromatic hydroxyl groups is 1. The number of fused-ring (bicyclic) bond motifs is 2. The quantitative estimate of drug-likeness (QED) is 0.726. The smallest absolute Gasteiger partial charge is 0.201 e. The molecule has 0 saturated carbocycles. The standard InChI is InChI=1S/C22H20N4O/c1-14(2)11-12-26-19-10-6-3-7-15(19)20(22(26)27)16(13-23)21-24-17-8-4-5-9-18(17)25-21/h3-10,14,27H,11-12H2,1-2H3. The fraction of sp³-hybridized carbons (Fsp3) is 0.227. The molecule has 0 atom stereocenters. The number of allylic oxidation sites excluding steroid dienone is 1. The first-order valence-corrected chi connectivity index (χ1v) is 9.07. The van der Waals surface area contributed by atoms with Crippen LogP contribution in [0.15, 0.2) is 64.3 Å². The van der Waals surface area contributed by atoms with E-state index < -0.39 is 0 Å². The predicted molar refractivity (Wildman–Crippen MR) is 104 cm³/mol. The molecule has 134 valence electrons. The van der Waals surface area contributed by atoms with Gasteiger partial charge < -0.3 is 9.67 Å². The molecule has 0 amide bonds. The lowest BCUT2D eigenvalue weighted by Crippen LogP contribution is -2.19. The van der Waals surface area contributed by atoms with Gasteiger partial charge in [0.1, 0.15) is 11.6 Å². The Bertz CT molecular complexity index is 1190. The molecule has 5 heteroatoms. The lowest BCUT2D eigenvalue weighted by Gasteiger charge is -2.09. The van der Waals surface area contributed by atoms with E-state index >= 15 is 0 Å². The summed E-state index contributed by atoms with van der Waals surface area (Å²) in [7, 11) is 0. The highest BCUT2D eigenvalue weighted by Gasteiger charge is 2.23. The number of hydrogen-bond acceptors (Lipinski definition) is 4. The summed E-state index contributed by atoms with van der Waals surface area (Å²) in [5.41, 5.74) is 1.71. The zero-order chi connectivity index (χ0) is 19.0. The van der Waals surface area contributed by atoms with Gasteiger partial charge in [-0.3, -0.25) is 0 Å². The molecule has 0 radical (unpaired) electrons. The highest BCUT2D eigenvalue weighted by Crippen LogP contribution is 2.38. The number of aryl methyl sites for hydroxylation is 1. The van der Waals surface area contributed by atoms with Crippen molar-refractivity contribution in [2.45, 2.75) is 26.8 Å². The molecular weight excluding hydrogens is 336 g/mol. The predicted octanol–water partition coefficient (Wildman–Crippen LogP) is 3.54. The van der Waals surface area contributed by atoms with Crippen LogP contribution in [-0.2, 0) is 6.54 Å². The maximum Gasteiger partial charge on any atom is 0.201 e. The summed E-state index contributed by atoms with van der Waals surface area (Å²) in [4.78, 5) is 9.00. The molecule has 0 aliphatic carbocycles. The zero-order valence-corrected chi connectivity index (χ0v) is 15.3. The Labute approximate surface area is 157 Å². The van der Waals surface area contributed by atoms with Crippen molar-refractivity contribution in [1.29, 1.82) is 5.26 Å². The summed E-state index contributed by atoms with van der Waals surface area (Å²) in [5.74, 6) is 0.958. The monoisotopic (exact) mass is 356 g/mol. The summed E-state index contributed by atoms with van der Waals surface area (Å²) in [6, 6.07) is 17.5. The average molecular weight is 356 g/mol. The Morgan fingerprint density at radius 3 is 2.33 bits per heavy atom. The second-order valence-electron chi connectivity index (χ2n) is 7.07. The van der Waals surface area contributed by atoms with Crippen molar-refractivity contribution in [2.24, 2.45) is 15.9 Å². The fourth-order valence-electron chi connectivity index (χ4n) is 3.39. The summed E-state index contributed by atoms with van der Waals surface area (Å²) in [5, 5.41) is 23.2. The van der Waals surface area contributed by atoms with E-state index in [4.69, 9.17) is 0 Å². The molecule has 1 aliphatic rings. The van der Waals surface area contributed by atoms with Crippen LogP contribution in [0.5, 0.6) is 5.88 Å². The number of aromatic nitrogens is 1. The SMILES string of the molecule is CC(C)CCn1c(O)c(C(C#N)=C2N=c3ccccc3=N2)c2ccccc21. The van der Waals surface area contributed by atoms with Crippen LogP contribution in [0.3, 0.4) is 0 Å². The highest BCUT2D eigenvalue weighted by molar-refractivity contribution is 6.00. The van der Waals surface area contributed by atoms with Gasteiger partial charge in [0.15, 0.2) is 5.82 Å². The van der Waals surface area contributed by atoms with Gasteiger partial charge in [-0.1, -0.05) is 44.2 Å². The van der Waals surface area contributed by atoms with Crippen molar-refractivity contribution < 1.29 is 5.11 Å². The van der Waals surface area contributed by atoms with Crippen LogP contribution >= 0.6 is 0 Å². The Hall–Kier alpha value is -3.39. The van der Waals surface area contributed by atoms with E-state index in [0.29, 0.717) is 29.4 Å². The molecule has 1 aliphatic heterocycles. The van der Waals surface area contributed by atoms with E-state index in [9.17, 15) is 10.4 Å². The minimum atomic E-state index is 0.0993. The molecule has 5 nitrogen and oxygen atoms in total. The van der Waals surface area contributed by atoms with Crippen molar-refractivity contribution in [3.63, 3.8) is 0 Å². The van der Waals surface area contributed by atoms with Crippen LogP contribution in [0.25, 0.3) is 16.5 Å². The zero-order valence-electron chi connectivity index (χ0n) is 15.3. The topological polar surface area (TPSA) is 73.7 Å². The van der Waals surface area contributed by atoms with E-state index in [0.717, 1.165) is 28.0 Å². The largest absolute Gasteiger partial charge is 0.494 e. The number of rotatable bonds is 4. The second kappa shape index (κ2) is 6.73. The van der Waals surface area contributed by atoms with Gasteiger partial charge >= 0.3 is 0 Å². The van der Waals surface area contributed by atoms with Gasteiger partial charge in [-0.15, -0.1) is 0 Å². The Kier molecular flexibility index (Phi) is 4.25. The molecule has 2 heterocycles. The van der Waals surface area contributed by atoms with Crippen molar-refractivity contribution in [2.75, 3.05) is 0 Å². The van der Waals surface area contributed by atoms with Crippen LogP contribution in [0.4, 0.5) is 0 Å². The fourth-order valence-corrected chi connectivity index (χ4v) is 3.39. The molecule has 1 aromatic heterocycles. The molecule has 27 heavy (non-hydrogen) atoms. The Morgan fingerprint density at radius 2 is 1.70 bits per heavy atom.